The van der Waals surface area contributed by atoms with Crippen LogP contribution in [0.1, 0.15) is 39.0 Å². The van der Waals surface area contributed by atoms with Gasteiger partial charge in [-0.2, -0.15) is 0 Å². The minimum atomic E-state index is -0.426. The zero-order chi connectivity index (χ0) is 21.0. The first kappa shape index (κ1) is 21.2. The molecule has 29 heavy (non-hydrogen) atoms. The van der Waals surface area contributed by atoms with Crippen molar-refractivity contribution in [2.75, 3.05) is 27.9 Å². The summed E-state index contributed by atoms with van der Waals surface area (Å²) in [7, 11) is 4.82. The van der Waals surface area contributed by atoms with E-state index in [1.165, 1.54) is 26.7 Å². The van der Waals surface area contributed by atoms with Crippen molar-refractivity contribution in [3.63, 3.8) is 0 Å². The minimum absolute atomic E-state index is 0.261. The lowest BCUT2D eigenvalue weighted by Gasteiger charge is -2.18. The van der Waals surface area contributed by atoms with Crippen molar-refractivity contribution in [2.24, 2.45) is 5.92 Å². The molecule has 1 amide bonds. The molecule has 2 aromatic rings. The van der Waals surface area contributed by atoms with Crippen LogP contribution in [0, 0.1) is 5.92 Å². The normalized spacial score (nSPS) is 15.4. The first-order valence-electron chi connectivity index (χ1n) is 9.64. The first-order valence-corrected chi connectivity index (χ1v) is 10.5. The van der Waals surface area contributed by atoms with E-state index < -0.39 is 5.97 Å². The number of thiophene rings is 1. The number of methoxy groups -OCH3 is 2. The van der Waals surface area contributed by atoms with Crippen LogP contribution in [0.5, 0.6) is 11.5 Å². The van der Waals surface area contributed by atoms with E-state index in [2.05, 4.69) is 6.92 Å². The fraction of sp³-hybridized carbons (Fsp3) is 0.455. The van der Waals surface area contributed by atoms with Crippen molar-refractivity contribution >= 4 is 23.2 Å². The van der Waals surface area contributed by atoms with E-state index in [4.69, 9.17) is 14.2 Å². The molecule has 0 saturated heterocycles. The highest BCUT2D eigenvalue weighted by molar-refractivity contribution is 7.14. The van der Waals surface area contributed by atoms with Crippen LogP contribution in [0.2, 0.25) is 0 Å². The van der Waals surface area contributed by atoms with Gasteiger partial charge < -0.3 is 19.1 Å². The second-order valence-corrected chi connectivity index (χ2v) is 8.56. The van der Waals surface area contributed by atoms with Crippen molar-refractivity contribution in [3.8, 4) is 11.5 Å². The molecule has 1 aliphatic carbocycles. The molecule has 0 radical (unpaired) electrons. The third kappa shape index (κ3) is 5.09. The van der Waals surface area contributed by atoms with E-state index >= 15 is 0 Å². The van der Waals surface area contributed by atoms with Crippen LogP contribution >= 0.6 is 11.3 Å². The standard InChI is InChI=1S/C22H27NO5S/c1-14-5-8-19-16(9-14)11-20(29-19)22(25)28-13-21(24)23(2)12-15-6-7-17(26-3)18(10-15)27-4/h6-7,10-11,14H,5,8-9,12-13H2,1-4H3/t14-/m0/s1. The third-order valence-electron chi connectivity index (χ3n) is 5.15. The van der Waals surface area contributed by atoms with Crippen molar-refractivity contribution in [1.29, 1.82) is 0 Å². The number of ether oxygens (including phenoxy) is 3. The van der Waals surface area contributed by atoms with Gasteiger partial charge in [-0.15, -0.1) is 11.3 Å². The van der Waals surface area contributed by atoms with Crippen LogP contribution < -0.4 is 9.47 Å². The minimum Gasteiger partial charge on any atom is -0.493 e. The maximum Gasteiger partial charge on any atom is 0.348 e. The highest BCUT2D eigenvalue weighted by Crippen LogP contribution is 2.32. The number of carbonyl (C=O) groups is 2. The van der Waals surface area contributed by atoms with Crippen LogP contribution in [0.4, 0.5) is 0 Å². The molecular formula is C22H27NO5S. The van der Waals surface area contributed by atoms with Gasteiger partial charge in [-0.05, 0) is 54.5 Å². The van der Waals surface area contributed by atoms with E-state index in [1.54, 1.807) is 27.3 Å². The third-order valence-corrected chi connectivity index (χ3v) is 6.37. The van der Waals surface area contributed by atoms with E-state index in [-0.39, 0.29) is 12.5 Å². The summed E-state index contributed by atoms with van der Waals surface area (Å²) in [6.07, 6.45) is 3.18. The molecule has 6 nitrogen and oxygen atoms in total. The zero-order valence-corrected chi connectivity index (χ0v) is 18.1. The molecule has 0 fully saturated rings. The molecular weight excluding hydrogens is 390 g/mol. The molecule has 1 aromatic carbocycles. The van der Waals surface area contributed by atoms with Gasteiger partial charge in [0.25, 0.3) is 5.91 Å². The Morgan fingerprint density at radius 1 is 1.17 bits per heavy atom. The fourth-order valence-corrected chi connectivity index (χ4v) is 4.56. The second kappa shape index (κ2) is 9.31. The largest absolute Gasteiger partial charge is 0.493 e. The van der Waals surface area contributed by atoms with Gasteiger partial charge >= 0.3 is 5.97 Å². The summed E-state index contributed by atoms with van der Waals surface area (Å²) in [6.45, 7) is 2.33. The first-order chi connectivity index (χ1) is 13.9. The van der Waals surface area contributed by atoms with E-state index in [9.17, 15) is 9.59 Å². The van der Waals surface area contributed by atoms with Gasteiger partial charge in [0, 0.05) is 18.5 Å². The number of nitrogens with zero attached hydrogens (tertiary/aromatic N) is 1. The molecule has 1 aromatic heterocycles. The lowest BCUT2D eigenvalue weighted by molar-refractivity contribution is -0.133. The molecule has 0 N–H and O–H groups in total. The molecule has 1 heterocycles. The summed E-state index contributed by atoms with van der Waals surface area (Å²) in [5.74, 6) is 1.20. The Morgan fingerprint density at radius 3 is 2.66 bits per heavy atom. The Balaban J connectivity index is 1.54. The van der Waals surface area contributed by atoms with Crippen LogP contribution in [-0.2, 0) is 28.9 Å². The highest BCUT2D eigenvalue weighted by Gasteiger charge is 2.22. The summed E-state index contributed by atoms with van der Waals surface area (Å²) in [5.41, 5.74) is 2.14. The number of fused-ring (bicyclic) bond motifs is 1. The lowest BCUT2D eigenvalue weighted by atomic mass is 9.90. The number of hydrogen-bond donors (Lipinski definition) is 0. The van der Waals surface area contributed by atoms with Crippen LogP contribution in [0.15, 0.2) is 24.3 Å². The molecule has 0 unspecified atom stereocenters. The van der Waals surface area contributed by atoms with Crippen LogP contribution in [-0.4, -0.2) is 44.7 Å². The number of esters is 1. The number of carbonyl (C=O) groups excluding carboxylic acids is 2. The Morgan fingerprint density at radius 2 is 1.93 bits per heavy atom. The average Bonchev–Trinajstić information content (AvgIpc) is 3.14. The van der Waals surface area contributed by atoms with Gasteiger partial charge in [0.1, 0.15) is 4.88 Å². The summed E-state index contributed by atoms with van der Waals surface area (Å²) in [6, 6.07) is 7.42. The number of amides is 1. The van der Waals surface area contributed by atoms with Crippen molar-refractivity contribution in [2.45, 2.75) is 32.7 Å². The van der Waals surface area contributed by atoms with Gasteiger partial charge in [-0.1, -0.05) is 13.0 Å². The van der Waals surface area contributed by atoms with Crippen molar-refractivity contribution in [1.82, 2.24) is 4.90 Å². The van der Waals surface area contributed by atoms with E-state index in [0.717, 1.165) is 24.8 Å². The van der Waals surface area contributed by atoms with Crippen LogP contribution in [0.3, 0.4) is 0 Å². The number of rotatable bonds is 7. The smallest absolute Gasteiger partial charge is 0.348 e. The molecule has 3 rings (SSSR count). The molecule has 0 bridgehead atoms. The molecule has 0 saturated carbocycles. The quantitative estimate of drug-likeness (QED) is 0.643. The maximum atomic E-state index is 12.4. The van der Waals surface area contributed by atoms with Crippen molar-refractivity contribution in [3.05, 3.63) is 45.1 Å². The molecule has 0 aliphatic heterocycles. The molecule has 7 heteroatoms. The van der Waals surface area contributed by atoms with E-state index in [0.29, 0.717) is 28.8 Å². The summed E-state index contributed by atoms with van der Waals surface area (Å²) < 4.78 is 15.8. The molecule has 0 spiro atoms. The Labute approximate surface area is 175 Å². The predicted octanol–water partition coefficient (Wildman–Crippen LogP) is 3.71. The maximum absolute atomic E-state index is 12.4. The molecule has 1 atom stereocenters. The van der Waals surface area contributed by atoms with Gasteiger partial charge in [0.15, 0.2) is 18.1 Å². The SMILES string of the molecule is COc1ccc(CN(C)C(=O)COC(=O)c2cc3c(s2)CC[C@H](C)C3)cc1OC. The Kier molecular flexibility index (Phi) is 6.79. The Bertz CT molecular complexity index is 891. The zero-order valence-electron chi connectivity index (χ0n) is 17.3. The fourth-order valence-electron chi connectivity index (χ4n) is 3.46. The number of aryl methyl sites for hydroxylation is 1. The summed E-state index contributed by atoms with van der Waals surface area (Å²) in [4.78, 5) is 28.1. The number of hydrogen-bond acceptors (Lipinski definition) is 6. The number of likely N-dealkylation sites (N-methyl/N-ethyl adjacent to an activating group) is 1. The number of benzene rings is 1. The van der Waals surface area contributed by atoms with Gasteiger partial charge in [0.2, 0.25) is 0 Å². The van der Waals surface area contributed by atoms with Gasteiger partial charge in [-0.25, -0.2) is 4.79 Å². The second-order valence-electron chi connectivity index (χ2n) is 7.42. The van der Waals surface area contributed by atoms with Gasteiger partial charge in [-0.3, -0.25) is 4.79 Å². The topological polar surface area (TPSA) is 65.1 Å². The van der Waals surface area contributed by atoms with E-state index in [1.807, 2.05) is 18.2 Å². The Hall–Kier alpha value is -2.54. The summed E-state index contributed by atoms with van der Waals surface area (Å²) >= 11 is 1.49. The summed E-state index contributed by atoms with van der Waals surface area (Å²) in [5, 5.41) is 0. The average molecular weight is 418 g/mol. The molecule has 156 valence electrons. The van der Waals surface area contributed by atoms with Crippen molar-refractivity contribution < 1.29 is 23.8 Å². The lowest BCUT2D eigenvalue weighted by Crippen LogP contribution is -2.30. The monoisotopic (exact) mass is 417 g/mol. The molecule has 1 aliphatic rings. The predicted molar refractivity (Wildman–Crippen MR) is 112 cm³/mol. The van der Waals surface area contributed by atoms with Crippen LogP contribution in [0.25, 0.3) is 0 Å². The van der Waals surface area contributed by atoms with Gasteiger partial charge in [0.05, 0.1) is 14.2 Å². The highest BCUT2D eigenvalue weighted by atomic mass is 32.1.